The highest BCUT2D eigenvalue weighted by Crippen LogP contribution is 2.31. The van der Waals surface area contributed by atoms with Gasteiger partial charge in [0.25, 0.3) is 5.91 Å². The molecule has 0 bridgehead atoms. The zero-order valence-electron chi connectivity index (χ0n) is 16.7. The molecule has 0 atom stereocenters. The Balaban J connectivity index is 1.43. The molecule has 0 fully saturated rings. The topological polar surface area (TPSA) is 71.1 Å². The van der Waals surface area contributed by atoms with Crippen molar-refractivity contribution in [3.63, 3.8) is 0 Å². The van der Waals surface area contributed by atoms with Gasteiger partial charge >= 0.3 is 0 Å². The number of thiazole rings is 1. The monoisotopic (exact) mass is 415 g/mol. The summed E-state index contributed by atoms with van der Waals surface area (Å²) in [5.41, 5.74) is 5.47. The van der Waals surface area contributed by atoms with E-state index in [4.69, 9.17) is 4.98 Å². The van der Waals surface area contributed by atoms with Crippen LogP contribution in [0.4, 0.5) is 5.69 Å². The van der Waals surface area contributed by atoms with E-state index >= 15 is 0 Å². The first-order valence-corrected chi connectivity index (χ1v) is 10.4. The Labute approximate surface area is 178 Å². The van der Waals surface area contributed by atoms with Crippen LogP contribution in [0.3, 0.4) is 0 Å². The summed E-state index contributed by atoms with van der Waals surface area (Å²) in [5.74, 6) is -0.259. The van der Waals surface area contributed by atoms with E-state index in [0.717, 1.165) is 27.3 Å². The Morgan fingerprint density at radius 2 is 1.70 bits per heavy atom. The molecule has 150 valence electrons. The minimum Gasteiger partial charge on any atom is -0.352 e. The SMILES string of the molecule is CC(=O)NCc1ccc(C(=O)Nc2ccc(-c3nc4ccc(C)cc4s3)cc2)cc1. The van der Waals surface area contributed by atoms with Crippen molar-refractivity contribution in [2.45, 2.75) is 20.4 Å². The van der Waals surface area contributed by atoms with Gasteiger partial charge < -0.3 is 10.6 Å². The number of rotatable bonds is 5. The van der Waals surface area contributed by atoms with Crippen molar-refractivity contribution in [2.24, 2.45) is 0 Å². The van der Waals surface area contributed by atoms with E-state index in [2.05, 4.69) is 29.7 Å². The Morgan fingerprint density at radius 1 is 0.967 bits per heavy atom. The van der Waals surface area contributed by atoms with E-state index in [9.17, 15) is 9.59 Å². The molecule has 4 aromatic rings. The van der Waals surface area contributed by atoms with Crippen LogP contribution in [0.15, 0.2) is 66.7 Å². The van der Waals surface area contributed by atoms with Crippen LogP contribution in [0, 0.1) is 6.92 Å². The van der Waals surface area contributed by atoms with Gasteiger partial charge in [0.1, 0.15) is 5.01 Å². The fourth-order valence-corrected chi connectivity index (χ4v) is 4.12. The van der Waals surface area contributed by atoms with E-state index in [1.54, 1.807) is 23.5 Å². The first kappa shape index (κ1) is 19.8. The minimum atomic E-state index is -0.177. The number of nitrogens with zero attached hydrogens (tertiary/aromatic N) is 1. The Kier molecular flexibility index (Phi) is 5.59. The van der Waals surface area contributed by atoms with E-state index in [0.29, 0.717) is 12.1 Å². The highest BCUT2D eigenvalue weighted by molar-refractivity contribution is 7.21. The van der Waals surface area contributed by atoms with Gasteiger partial charge in [-0.2, -0.15) is 0 Å². The van der Waals surface area contributed by atoms with Gasteiger partial charge in [-0.25, -0.2) is 4.98 Å². The van der Waals surface area contributed by atoms with Gasteiger partial charge in [0.2, 0.25) is 5.91 Å². The number of nitrogens with one attached hydrogen (secondary N) is 2. The summed E-state index contributed by atoms with van der Waals surface area (Å²) in [6.07, 6.45) is 0. The number of aromatic nitrogens is 1. The molecule has 0 aliphatic heterocycles. The molecule has 3 aromatic carbocycles. The maximum absolute atomic E-state index is 12.5. The van der Waals surface area contributed by atoms with Crippen LogP contribution in [0.25, 0.3) is 20.8 Å². The molecule has 2 amide bonds. The number of carbonyl (C=O) groups is 2. The number of benzene rings is 3. The van der Waals surface area contributed by atoms with Crippen LogP contribution in [0.5, 0.6) is 0 Å². The van der Waals surface area contributed by atoms with Crippen LogP contribution in [0.1, 0.15) is 28.4 Å². The number of hydrogen-bond donors (Lipinski definition) is 2. The molecule has 0 unspecified atom stereocenters. The second kappa shape index (κ2) is 8.47. The standard InChI is InChI=1S/C24H21N3O2S/c1-15-3-12-21-22(13-15)30-24(27-21)19-8-10-20(11-9-19)26-23(29)18-6-4-17(5-7-18)14-25-16(2)28/h3-13H,14H2,1-2H3,(H,25,28)(H,26,29). The lowest BCUT2D eigenvalue weighted by Crippen LogP contribution is -2.19. The zero-order valence-corrected chi connectivity index (χ0v) is 17.5. The summed E-state index contributed by atoms with van der Waals surface area (Å²) >= 11 is 1.66. The van der Waals surface area contributed by atoms with Crippen LogP contribution in [-0.2, 0) is 11.3 Å². The third kappa shape index (κ3) is 4.55. The molecule has 0 radical (unpaired) electrons. The summed E-state index contributed by atoms with van der Waals surface area (Å²) in [7, 11) is 0. The molecule has 0 aliphatic rings. The van der Waals surface area contributed by atoms with Crippen molar-refractivity contribution in [2.75, 3.05) is 5.32 Å². The molecule has 0 saturated heterocycles. The second-order valence-corrected chi connectivity index (χ2v) is 8.16. The lowest BCUT2D eigenvalue weighted by atomic mass is 10.1. The molecule has 0 spiro atoms. The average molecular weight is 416 g/mol. The predicted molar refractivity (Wildman–Crippen MR) is 122 cm³/mol. The first-order valence-electron chi connectivity index (χ1n) is 9.60. The Morgan fingerprint density at radius 3 is 2.40 bits per heavy atom. The molecule has 0 aliphatic carbocycles. The largest absolute Gasteiger partial charge is 0.352 e. The summed E-state index contributed by atoms with van der Waals surface area (Å²) in [4.78, 5) is 28.2. The number of fused-ring (bicyclic) bond motifs is 1. The normalized spacial score (nSPS) is 10.7. The van der Waals surface area contributed by atoms with Crippen molar-refractivity contribution in [3.8, 4) is 10.6 Å². The number of amides is 2. The molecule has 6 heteroatoms. The number of anilines is 1. The molecule has 1 heterocycles. The van der Waals surface area contributed by atoms with Gasteiger partial charge in [-0.3, -0.25) is 9.59 Å². The van der Waals surface area contributed by atoms with E-state index in [-0.39, 0.29) is 11.8 Å². The predicted octanol–water partition coefficient (Wildman–Crippen LogP) is 5.16. The van der Waals surface area contributed by atoms with Gasteiger partial charge in [0.05, 0.1) is 10.2 Å². The van der Waals surface area contributed by atoms with Crippen LogP contribution in [-0.4, -0.2) is 16.8 Å². The van der Waals surface area contributed by atoms with Gasteiger partial charge in [-0.05, 0) is 66.6 Å². The summed E-state index contributed by atoms with van der Waals surface area (Å²) in [5, 5.41) is 6.61. The number of hydrogen-bond acceptors (Lipinski definition) is 4. The number of aryl methyl sites for hydroxylation is 1. The fraction of sp³-hybridized carbons (Fsp3) is 0.125. The highest BCUT2D eigenvalue weighted by Gasteiger charge is 2.09. The van der Waals surface area contributed by atoms with Crippen LogP contribution < -0.4 is 10.6 Å². The van der Waals surface area contributed by atoms with Crippen LogP contribution >= 0.6 is 11.3 Å². The smallest absolute Gasteiger partial charge is 0.255 e. The fourth-order valence-electron chi connectivity index (χ4n) is 3.06. The molecule has 0 saturated carbocycles. The first-order chi connectivity index (χ1) is 14.5. The summed E-state index contributed by atoms with van der Waals surface area (Å²) in [6, 6.07) is 21.1. The van der Waals surface area contributed by atoms with Crippen LogP contribution in [0.2, 0.25) is 0 Å². The Bertz CT molecular complexity index is 1210. The average Bonchev–Trinajstić information content (AvgIpc) is 3.16. The van der Waals surface area contributed by atoms with E-state index in [1.807, 2.05) is 42.5 Å². The molecular formula is C24H21N3O2S. The van der Waals surface area contributed by atoms with Gasteiger partial charge in [0.15, 0.2) is 0 Å². The molecule has 1 aromatic heterocycles. The van der Waals surface area contributed by atoms with Crippen molar-refractivity contribution < 1.29 is 9.59 Å². The highest BCUT2D eigenvalue weighted by atomic mass is 32.1. The van der Waals surface area contributed by atoms with Crippen molar-refractivity contribution in [3.05, 3.63) is 83.4 Å². The third-order valence-electron chi connectivity index (χ3n) is 4.69. The maximum atomic E-state index is 12.5. The lowest BCUT2D eigenvalue weighted by molar-refractivity contribution is -0.119. The number of carbonyl (C=O) groups excluding carboxylic acids is 2. The Hall–Kier alpha value is -3.51. The van der Waals surface area contributed by atoms with Gasteiger partial charge in [0, 0.05) is 30.3 Å². The molecule has 5 nitrogen and oxygen atoms in total. The lowest BCUT2D eigenvalue weighted by Gasteiger charge is -2.07. The van der Waals surface area contributed by atoms with E-state index in [1.165, 1.54) is 17.2 Å². The molecule has 30 heavy (non-hydrogen) atoms. The second-order valence-electron chi connectivity index (χ2n) is 7.13. The molecule has 4 rings (SSSR count). The van der Waals surface area contributed by atoms with Crippen molar-refractivity contribution in [1.29, 1.82) is 0 Å². The zero-order chi connectivity index (χ0) is 21.1. The van der Waals surface area contributed by atoms with Crippen molar-refractivity contribution >= 4 is 39.1 Å². The van der Waals surface area contributed by atoms with Gasteiger partial charge in [-0.1, -0.05) is 18.2 Å². The molecule has 2 N–H and O–H groups in total. The maximum Gasteiger partial charge on any atom is 0.255 e. The minimum absolute atomic E-state index is 0.0822. The van der Waals surface area contributed by atoms with E-state index < -0.39 is 0 Å². The summed E-state index contributed by atoms with van der Waals surface area (Å²) < 4.78 is 1.17. The quantitative estimate of drug-likeness (QED) is 0.473. The van der Waals surface area contributed by atoms with Crippen molar-refractivity contribution in [1.82, 2.24) is 10.3 Å². The third-order valence-corrected chi connectivity index (χ3v) is 5.76. The van der Waals surface area contributed by atoms with Gasteiger partial charge in [-0.15, -0.1) is 11.3 Å². The molecular weight excluding hydrogens is 394 g/mol. The summed E-state index contributed by atoms with van der Waals surface area (Å²) in [6.45, 7) is 4.00.